The van der Waals surface area contributed by atoms with Crippen LogP contribution in [0.2, 0.25) is 0 Å². The molecular weight excluding hydrogens is 236 g/mol. The maximum absolute atomic E-state index is 8.94. The standard InChI is InChI=1S/C16H24N2O/c1-5-12(2)8-13(3)18-11-14-6-7-15(10-17)16(9-14)19-4/h6-7,9,12-13,18H,5,8,11H2,1-4H3. The van der Waals surface area contributed by atoms with E-state index in [-0.39, 0.29) is 0 Å². The number of ether oxygens (including phenoxy) is 1. The summed E-state index contributed by atoms with van der Waals surface area (Å²) in [6.07, 6.45) is 2.40. The minimum atomic E-state index is 0.497. The fourth-order valence-electron chi connectivity index (χ4n) is 2.08. The maximum atomic E-state index is 8.94. The van der Waals surface area contributed by atoms with E-state index in [2.05, 4.69) is 32.2 Å². The Balaban J connectivity index is 2.56. The fourth-order valence-corrected chi connectivity index (χ4v) is 2.08. The number of methoxy groups -OCH3 is 1. The molecule has 1 N–H and O–H groups in total. The molecule has 104 valence electrons. The summed E-state index contributed by atoms with van der Waals surface area (Å²) in [7, 11) is 1.60. The molecule has 2 unspecified atom stereocenters. The highest BCUT2D eigenvalue weighted by Gasteiger charge is 2.08. The van der Waals surface area contributed by atoms with Crippen molar-refractivity contribution in [2.45, 2.75) is 46.2 Å². The molecule has 0 heterocycles. The Labute approximate surface area is 116 Å². The molecule has 19 heavy (non-hydrogen) atoms. The second-order valence-corrected chi connectivity index (χ2v) is 5.18. The molecule has 0 bridgehead atoms. The summed E-state index contributed by atoms with van der Waals surface area (Å²) in [5.74, 6) is 1.40. The SMILES string of the molecule is CCC(C)CC(C)NCc1ccc(C#N)c(OC)c1. The highest BCUT2D eigenvalue weighted by molar-refractivity contribution is 5.45. The summed E-state index contributed by atoms with van der Waals surface area (Å²) < 4.78 is 5.22. The molecule has 1 rings (SSSR count). The second kappa shape index (κ2) is 7.81. The van der Waals surface area contributed by atoms with E-state index >= 15 is 0 Å². The van der Waals surface area contributed by atoms with E-state index in [1.807, 2.05) is 18.2 Å². The molecule has 0 fully saturated rings. The molecule has 0 aliphatic carbocycles. The third-order valence-corrected chi connectivity index (χ3v) is 3.49. The predicted octanol–water partition coefficient (Wildman–Crippen LogP) is 3.48. The Kier molecular flexibility index (Phi) is 6.38. The molecule has 1 aromatic carbocycles. The third kappa shape index (κ3) is 4.92. The third-order valence-electron chi connectivity index (χ3n) is 3.49. The minimum absolute atomic E-state index is 0.497. The van der Waals surface area contributed by atoms with E-state index in [1.54, 1.807) is 7.11 Å². The summed E-state index contributed by atoms with van der Waals surface area (Å²) in [6, 6.07) is 8.35. The van der Waals surface area contributed by atoms with Crippen molar-refractivity contribution < 1.29 is 4.74 Å². The van der Waals surface area contributed by atoms with Crippen LogP contribution in [0.5, 0.6) is 5.75 Å². The number of benzene rings is 1. The van der Waals surface area contributed by atoms with Gasteiger partial charge in [0.15, 0.2) is 0 Å². The first-order chi connectivity index (χ1) is 9.10. The number of rotatable bonds is 7. The Morgan fingerprint density at radius 2 is 2.11 bits per heavy atom. The Morgan fingerprint density at radius 3 is 2.68 bits per heavy atom. The number of nitrogens with one attached hydrogen (secondary N) is 1. The van der Waals surface area contributed by atoms with Gasteiger partial charge in [-0.1, -0.05) is 26.3 Å². The van der Waals surface area contributed by atoms with Gasteiger partial charge in [-0.05, 0) is 37.0 Å². The van der Waals surface area contributed by atoms with Gasteiger partial charge in [0.2, 0.25) is 0 Å². The summed E-state index contributed by atoms with van der Waals surface area (Å²) in [5.41, 5.74) is 1.73. The molecule has 0 radical (unpaired) electrons. The molecule has 0 saturated heterocycles. The molecular formula is C16H24N2O. The molecule has 0 aliphatic rings. The second-order valence-electron chi connectivity index (χ2n) is 5.18. The maximum Gasteiger partial charge on any atom is 0.136 e. The van der Waals surface area contributed by atoms with E-state index in [9.17, 15) is 0 Å². The van der Waals surface area contributed by atoms with Gasteiger partial charge in [0.1, 0.15) is 11.8 Å². The zero-order valence-corrected chi connectivity index (χ0v) is 12.4. The quantitative estimate of drug-likeness (QED) is 0.816. The van der Waals surface area contributed by atoms with Crippen LogP contribution in [0.4, 0.5) is 0 Å². The van der Waals surface area contributed by atoms with Crippen LogP contribution < -0.4 is 10.1 Å². The van der Waals surface area contributed by atoms with Crippen molar-refractivity contribution in [1.29, 1.82) is 5.26 Å². The lowest BCUT2D eigenvalue weighted by Crippen LogP contribution is -2.27. The molecule has 0 aromatic heterocycles. The number of hydrogen-bond donors (Lipinski definition) is 1. The van der Waals surface area contributed by atoms with Crippen molar-refractivity contribution in [2.24, 2.45) is 5.92 Å². The van der Waals surface area contributed by atoms with Crippen molar-refractivity contribution in [3.8, 4) is 11.8 Å². The summed E-state index contributed by atoms with van der Waals surface area (Å²) >= 11 is 0. The van der Waals surface area contributed by atoms with Gasteiger partial charge in [0, 0.05) is 12.6 Å². The highest BCUT2D eigenvalue weighted by Crippen LogP contribution is 2.19. The Bertz CT molecular complexity index is 437. The minimum Gasteiger partial charge on any atom is -0.495 e. The zero-order valence-electron chi connectivity index (χ0n) is 12.4. The topological polar surface area (TPSA) is 45.0 Å². The molecule has 2 atom stereocenters. The van der Waals surface area contributed by atoms with Crippen LogP contribution in [0.3, 0.4) is 0 Å². The molecule has 3 nitrogen and oxygen atoms in total. The first-order valence-electron chi connectivity index (χ1n) is 6.91. The number of nitrogens with zero attached hydrogens (tertiary/aromatic N) is 1. The number of hydrogen-bond acceptors (Lipinski definition) is 3. The van der Waals surface area contributed by atoms with Gasteiger partial charge in [0.05, 0.1) is 12.7 Å². The zero-order chi connectivity index (χ0) is 14.3. The lowest BCUT2D eigenvalue weighted by atomic mass is 10.0. The van der Waals surface area contributed by atoms with Crippen molar-refractivity contribution in [3.05, 3.63) is 29.3 Å². The van der Waals surface area contributed by atoms with Crippen LogP contribution in [-0.4, -0.2) is 13.2 Å². The Morgan fingerprint density at radius 1 is 1.37 bits per heavy atom. The van der Waals surface area contributed by atoms with Crippen molar-refractivity contribution in [2.75, 3.05) is 7.11 Å². The van der Waals surface area contributed by atoms with Crippen LogP contribution in [0.1, 0.15) is 44.7 Å². The van der Waals surface area contributed by atoms with E-state index < -0.39 is 0 Å². The monoisotopic (exact) mass is 260 g/mol. The lowest BCUT2D eigenvalue weighted by molar-refractivity contribution is 0.406. The van der Waals surface area contributed by atoms with Crippen LogP contribution >= 0.6 is 0 Å². The largest absolute Gasteiger partial charge is 0.495 e. The van der Waals surface area contributed by atoms with Crippen LogP contribution in [-0.2, 0) is 6.54 Å². The van der Waals surface area contributed by atoms with Gasteiger partial charge in [-0.3, -0.25) is 0 Å². The normalized spacial score (nSPS) is 13.6. The molecule has 0 spiro atoms. The fraction of sp³-hybridized carbons (Fsp3) is 0.562. The van der Waals surface area contributed by atoms with Crippen molar-refractivity contribution in [1.82, 2.24) is 5.32 Å². The van der Waals surface area contributed by atoms with Gasteiger partial charge in [-0.2, -0.15) is 5.26 Å². The lowest BCUT2D eigenvalue weighted by Gasteiger charge is -2.17. The summed E-state index contributed by atoms with van der Waals surface area (Å²) in [5, 5.41) is 12.5. The molecule has 1 aromatic rings. The summed E-state index contributed by atoms with van der Waals surface area (Å²) in [6.45, 7) is 7.53. The Hall–Kier alpha value is -1.53. The van der Waals surface area contributed by atoms with E-state index in [4.69, 9.17) is 10.00 Å². The molecule has 0 amide bonds. The van der Waals surface area contributed by atoms with E-state index in [0.29, 0.717) is 17.4 Å². The average molecular weight is 260 g/mol. The van der Waals surface area contributed by atoms with E-state index in [1.165, 1.54) is 12.8 Å². The number of nitriles is 1. The molecule has 0 saturated carbocycles. The van der Waals surface area contributed by atoms with Crippen LogP contribution in [0, 0.1) is 17.2 Å². The van der Waals surface area contributed by atoms with E-state index in [0.717, 1.165) is 18.0 Å². The molecule has 0 aliphatic heterocycles. The highest BCUT2D eigenvalue weighted by atomic mass is 16.5. The van der Waals surface area contributed by atoms with Crippen molar-refractivity contribution >= 4 is 0 Å². The first-order valence-corrected chi connectivity index (χ1v) is 6.91. The van der Waals surface area contributed by atoms with Gasteiger partial charge in [0.25, 0.3) is 0 Å². The average Bonchev–Trinajstić information content (AvgIpc) is 2.44. The summed E-state index contributed by atoms with van der Waals surface area (Å²) in [4.78, 5) is 0. The smallest absolute Gasteiger partial charge is 0.136 e. The predicted molar refractivity (Wildman–Crippen MR) is 78.1 cm³/mol. The first kappa shape index (κ1) is 15.5. The van der Waals surface area contributed by atoms with Gasteiger partial charge < -0.3 is 10.1 Å². The van der Waals surface area contributed by atoms with Gasteiger partial charge in [-0.25, -0.2) is 0 Å². The molecule has 3 heteroatoms. The van der Waals surface area contributed by atoms with Crippen LogP contribution in [0.25, 0.3) is 0 Å². The van der Waals surface area contributed by atoms with Gasteiger partial charge >= 0.3 is 0 Å². The van der Waals surface area contributed by atoms with Crippen LogP contribution in [0.15, 0.2) is 18.2 Å². The van der Waals surface area contributed by atoms with Crippen molar-refractivity contribution in [3.63, 3.8) is 0 Å². The van der Waals surface area contributed by atoms with Gasteiger partial charge in [-0.15, -0.1) is 0 Å².